The first kappa shape index (κ1) is 16.9. The average Bonchev–Trinajstić information content (AvgIpc) is 2.50. The van der Waals surface area contributed by atoms with E-state index in [1.807, 2.05) is 26.8 Å². The molecule has 1 heterocycles. The first-order valence-electron chi connectivity index (χ1n) is 7.64. The number of ketones is 1. The van der Waals surface area contributed by atoms with E-state index in [1.165, 1.54) is 4.31 Å². The summed E-state index contributed by atoms with van der Waals surface area (Å²) in [6, 6.07) is 6.85. The highest BCUT2D eigenvalue weighted by molar-refractivity contribution is 7.89. The van der Waals surface area contributed by atoms with Crippen molar-refractivity contribution in [3.8, 4) is 0 Å². The van der Waals surface area contributed by atoms with Gasteiger partial charge in [-0.15, -0.1) is 0 Å². The summed E-state index contributed by atoms with van der Waals surface area (Å²) in [6.45, 7) is 6.34. The van der Waals surface area contributed by atoms with Gasteiger partial charge in [0.05, 0.1) is 10.8 Å². The molecule has 1 atom stereocenters. The number of rotatable bonds is 4. The summed E-state index contributed by atoms with van der Waals surface area (Å²) in [5.74, 6) is -0.158. The summed E-state index contributed by atoms with van der Waals surface area (Å²) < 4.78 is 26.9. The number of hydrogen-bond acceptors (Lipinski definition) is 3. The molecule has 0 aliphatic carbocycles. The van der Waals surface area contributed by atoms with Gasteiger partial charge in [0.15, 0.2) is 0 Å². The van der Waals surface area contributed by atoms with E-state index >= 15 is 0 Å². The molecule has 4 nitrogen and oxygen atoms in total. The second-order valence-corrected chi connectivity index (χ2v) is 7.60. The minimum atomic E-state index is -3.53. The van der Waals surface area contributed by atoms with Gasteiger partial charge >= 0.3 is 0 Å². The van der Waals surface area contributed by atoms with E-state index in [9.17, 15) is 13.2 Å². The molecular weight excluding hydrogens is 298 g/mol. The summed E-state index contributed by atoms with van der Waals surface area (Å²) in [7, 11) is -3.53. The molecular formula is C17H23NO3S. The lowest BCUT2D eigenvalue weighted by Gasteiger charge is -2.32. The van der Waals surface area contributed by atoms with E-state index in [0.29, 0.717) is 4.90 Å². The molecule has 1 fully saturated rings. The second-order valence-electron chi connectivity index (χ2n) is 5.66. The van der Waals surface area contributed by atoms with Gasteiger partial charge in [-0.2, -0.15) is 4.31 Å². The molecule has 1 aromatic carbocycles. The van der Waals surface area contributed by atoms with Crippen molar-refractivity contribution in [1.82, 2.24) is 4.31 Å². The Morgan fingerprint density at radius 2 is 1.95 bits per heavy atom. The second kappa shape index (κ2) is 6.75. The van der Waals surface area contributed by atoms with Crippen LogP contribution in [0.3, 0.4) is 0 Å². The quantitative estimate of drug-likeness (QED) is 0.801. The van der Waals surface area contributed by atoms with Crippen molar-refractivity contribution in [1.29, 1.82) is 0 Å². The number of allylic oxidation sites excluding steroid dienone is 1. The number of hydrogen-bond donors (Lipinski definition) is 0. The van der Waals surface area contributed by atoms with Crippen molar-refractivity contribution < 1.29 is 13.2 Å². The number of piperidine rings is 1. The number of carbonyl (C=O) groups is 1. The molecule has 0 aromatic heterocycles. The molecule has 1 aromatic rings. The highest BCUT2D eigenvalue weighted by Gasteiger charge is 2.35. The van der Waals surface area contributed by atoms with Crippen molar-refractivity contribution in [2.75, 3.05) is 13.1 Å². The zero-order valence-corrected chi connectivity index (χ0v) is 14.2. The number of Topliss-reactive ketones (excluding diaryl/α,β-unsaturated/α-hetero) is 1. The molecule has 0 spiro atoms. The third kappa shape index (κ3) is 3.31. The predicted octanol–water partition coefficient (Wildman–Crippen LogP) is 2.93. The molecule has 0 saturated carbocycles. The van der Waals surface area contributed by atoms with Gasteiger partial charge in [0.25, 0.3) is 0 Å². The van der Waals surface area contributed by atoms with Gasteiger partial charge in [-0.3, -0.25) is 4.79 Å². The Hall–Kier alpha value is -1.46. The van der Waals surface area contributed by atoms with E-state index in [0.717, 1.165) is 17.6 Å². The van der Waals surface area contributed by atoms with E-state index < -0.39 is 10.0 Å². The fraction of sp³-hybridized carbons (Fsp3) is 0.471. The van der Waals surface area contributed by atoms with Crippen LogP contribution in [0.2, 0.25) is 0 Å². The van der Waals surface area contributed by atoms with Crippen LogP contribution in [0.15, 0.2) is 40.8 Å². The molecule has 5 heteroatoms. The SMILES string of the molecule is C/C=C(/CC)C1CN(S(=O)(=O)c2ccc(C)cc2)CCC1=O. The van der Waals surface area contributed by atoms with Crippen LogP contribution in [0, 0.1) is 12.8 Å². The lowest BCUT2D eigenvalue weighted by atomic mass is 9.88. The lowest BCUT2D eigenvalue weighted by Crippen LogP contribution is -2.44. The van der Waals surface area contributed by atoms with E-state index in [1.54, 1.807) is 24.3 Å². The smallest absolute Gasteiger partial charge is 0.243 e. The van der Waals surface area contributed by atoms with Crippen LogP contribution in [-0.2, 0) is 14.8 Å². The Balaban J connectivity index is 2.28. The Labute approximate surface area is 132 Å². The van der Waals surface area contributed by atoms with Gasteiger partial charge in [0.2, 0.25) is 10.0 Å². The Morgan fingerprint density at radius 1 is 1.32 bits per heavy atom. The van der Waals surface area contributed by atoms with Gasteiger partial charge in [-0.05, 0) is 32.4 Å². The number of benzene rings is 1. The fourth-order valence-electron chi connectivity index (χ4n) is 2.86. The monoisotopic (exact) mass is 321 g/mol. The molecule has 0 amide bonds. The van der Waals surface area contributed by atoms with Gasteiger partial charge in [-0.25, -0.2) is 8.42 Å². The number of nitrogens with zero attached hydrogens (tertiary/aromatic N) is 1. The fourth-order valence-corrected chi connectivity index (χ4v) is 4.31. The van der Waals surface area contributed by atoms with Crippen LogP contribution in [0.4, 0.5) is 0 Å². The molecule has 0 bridgehead atoms. The maximum Gasteiger partial charge on any atom is 0.243 e. The third-order valence-electron chi connectivity index (χ3n) is 4.27. The zero-order chi connectivity index (χ0) is 16.3. The van der Waals surface area contributed by atoms with Crippen molar-refractivity contribution >= 4 is 15.8 Å². The van der Waals surface area contributed by atoms with E-state index in [4.69, 9.17) is 0 Å². The van der Waals surface area contributed by atoms with Crippen LogP contribution < -0.4 is 0 Å². The van der Waals surface area contributed by atoms with Gasteiger partial charge in [0.1, 0.15) is 5.78 Å². The largest absolute Gasteiger partial charge is 0.299 e. The summed E-state index contributed by atoms with van der Waals surface area (Å²) in [6.07, 6.45) is 2.99. The van der Waals surface area contributed by atoms with Crippen LogP contribution in [0.5, 0.6) is 0 Å². The van der Waals surface area contributed by atoms with E-state index in [-0.39, 0.29) is 31.2 Å². The van der Waals surface area contributed by atoms with Crippen LogP contribution in [0.1, 0.15) is 32.3 Å². The first-order valence-corrected chi connectivity index (χ1v) is 9.08. The highest BCUT2D eigenvalue weighted by Crippen LogP contribution is 2.27. The highest BCUT2D eigenvalue weighted by atomic mass is 32.2. The summed E-state index contributed by atoms with van der Waals surface area (Å²) in [5.41, 5.74) is 2.04. The summed E-state index contributed by atoms with van der Waals surface area (Å²) >= 11 is 0. The Kier molecular flexibility index (Phi) is 5.19. The minimum Gasteiger partial charge on any atom is -0.299 e. The van der Waals surface area contributed by atoms with Crippen molar-refractivity contribution in [3.05, 3.63) is 41.5 Å². The Morgan fingerprint density at radius 3 is 2.50 bits per heavy atom. The zero-order valence-electron chi connectivity index (χ0n) is 13.4. The summed E-state index contributed by atoms with van der Waals surface area (Å²) in [5, 5.41) is 0. The maximum atomic E-state index is 12.7. The molecule has 22 heavy (non-hydrogen) atoms. The van der Waals surface area contributed by atoms with Crippen LogP contribution in [0.25, 0.3) is 0 Å². The number of carbonyl (C=O) groups excluding carboxylic acids is 1. The predicted molar refractivity (Wildman–Crippen MR) is 87.1 cm³/mol. The maximum absolute atomic E-state index is 12.7. The Bertz CT molecular complexity index is 674. The molecule has 120 valence electrons. The molecule has 1 aliphatic rings. The third-order valence-corrected chi connectivity index (χ3v) is 6.15. The van der Waals surface area contributed by atoms with Crippen molar-refractivity contribution in [2.24, 2.45) is 5.92 Å². The van der Waals surface area contributed by atoms with Gasteiger partial charge in [-0.1, -0.05) is 36.3 Å². The summed E-state index contributed by atoms with van der Waals surface area (Å²) in [4.78, 5) is 12.4. The molecule has 0 radical (unpaired) electrons. The van der Waals surface area contributed by atoms with Gasteiger partial charge in [0, 0.05) is 19.5 Å². The number of aryl methyl sites for hydroxylation is 1. The molecule has 2 rings (SSSR count). The molecule has 0 N–H and O–H groups in total. The first-order chi connectivity index (χ1) is 10.4. The topological polar surface area (TPSA) is 54.5 Å². The normalized spacial score (nSPS) is 21.1. The molecule has 1 saturated heterocycles. The standard InChI is InChI=1S/C17H23NO3S/c1-4-14(5-2)16-12-18(11-10-17(16)19)22(20,21)15-8-6-13(3)7-9-15/h4,6-9,16H,5,10-12H2,1-3H3/b14-4-. The van der Waals surface area contributed by atoms with Crippen LogP contribution in [-0.4, -0.2) is 31.6 Å². The average molecular weight is 321 g/mol. The molecule has 1 unspecified atom stereocenters. The molecule has 1 aliphatic heterocycles. The number of sulfonamides is 1. The van der Waals surface area contributed by atoms with Crippen molar-refractivity contribution in [3.63, 3.8) is 0 Å². The van der Waals surface area contributed by atoms with Gasteiger partial charge < -0.3 is 0 Å². The van der Waals surface area contributed by atoms with Crippen LogP contribution >= 0.6 is 0 Å². The lowest BCUT2D eigenvalue weighted by molar-refractivity contribution is -0.123. The van der Waals surface area contributed by atoms with E-state index in [2.05, 4.69) is 0 Å². The minimum absolute atomic E-state index is 0.144. The van der Waals surface area contributed by atoms with Crippen molar-refractivity contribution in [2.45, 2.75) is 38.5 Å².